The van der Waals surface area contributed by atoms with E-state index in [0.717, 1.165) is 0 Å². The Morgan fingerprint density at radius 2 is 1.82 bits per heavy atom. The first-order valence-corrected chi connectivity index (χ1v) is 3.27. The summed E-state index contributed by atoms with van der Waals surface area (Å²) in [5.74, 6) is -0.780. The quantitative estimate of drug-likeness (QED) is 0.697. The van der Waals surface area contributed by atoms with Crippen molar-refractivity contribution in [3.05, 3.63) is 0 Å². The maximum absolute atomic E-state index is 10.2. The predicted octanol–water partition coefficient (Wildman–Crippen LogP) is 1.22. The number of aliphatic carboxylic acids is 1. The molecule has 0 unspecified atom stereocenters. The van der Waals surface area contributed by atoms with Gasteiger partial charge in [-0.25, -0.2) is 0 Å². The van der Waals surface area contributed by atoms with Gasteiger partial charge in [-0.2, -0.15) is 0 Å². The van der Waals surface area contributed by atoms with Gasteiger partial charge < -0.3 is 5.11 Å². The van der Waals surface area contributed by atoms with Crippen molar-refractivity contribution < 1.29 is 9.90 Å². The zero-order chi connectivity index (χ0) is 8.36. The fourth-order valence-electron chi connectivity index (χ4n) is 0.440. The second kappa shape index (κ2) is 4.57. The molecule has 0 aromatic rings. The molecular weight excluding hydrogens is 166 g/mol. The lowest BCUT2D eigenvalue weighted by molar-refractivity contribution is -0.139. The van der Waals surface area contributed by atoms with Crippen molar-refractivity contribution in [1.29, 1.82) is 0 Å². The van der Waals surface area contributed by atoms with E-state index in [1.165, 1.54) is 0 Å². The van der Waals surface area contributed by atoms with Gasteiger partial charge in [0.15, 0.2) is 0 Å². The molecule has 0 aliphatic heterocycles. The van der Waals surface area contributed by atoms with Gasteiger partial charge in [-0.15, -0.1) is 12.4 Å². The third-order valence-electron chi connectivity index (χ3n) is 1.52. The smallest absolute Gasteiger partial charge is 0.317 e. The fourth-order valence-corrected chi connectivity index (χ4v) is 0.440. The Bertz CT molecular complexity index is 131. The molecule has 0 amide bonds. The Balaban J connectivity index is 0. The Morgan fingerprint density at radius 1 is 1.45 bits per heavy atom. The average Bonchev–Trinajstić information content (AvgIpc) is 1.60. The van der Waals surface area contributed by atoms with Crippen LogP contribution >= 0.6 is 12.4 Å². The van der Waals surface area contributed by atoms with Gasteiger partial charge in [0.05, 0.1) is 6.54 Å². The first-order chi connectivity index (χ1) is 4.34. The minimum Gasteiger partial charge on any atom is -0.480 e. The predicted molar refractivity (Wildman–Crippen MR) is 47.3 cm³/mol. The van der Waals surface area contributed by atoms with E-state index in [2.05, 4.69) is 0 Å². The second-order valence-corrected chi connectivity index (χ2v) is 3.42. The first kappa shape index (κ1) is 13.3. The van der Waals surface area contributed by atoms with Crippen LogP contribution in [0.1, 0.15) is 20.8 Å². The van der Waals surface area contributed by atoms with Crippen molar-refractivity contribution in [1.82, 2.24) is 4.90 Å². The molecular formula is C7H16ClNO2. The number of carboxylic acids is 1. The number of halogens is 1. The summed E-state index contributed by atoms with van der Waals surface area (Å²) in [4.78, 5) is 12.0. The average molecular weight is 182 g/mol. The van der Waals surface area contributed by atoms with E-state index in [-0.39, 0.29) is 24.5 Å². The maximum Gasteiger partial charge on any atom is 0.317 e. The monoisotopic (exact) mass is 181 g/mol. The maximum atomic E-state index is 10.2. The van der Waals surface area contributed by atoms with Gasteiger partial charge in [-0.3, -0.25) is 9.69 Å². The van der Waals surface area contributed by atoms with Gasteiger partial charge in [0, 0.05) is 5.54 Å². The van der Waals surface area contributed by atoms with Gasteiger partial charge in [0.25, 0.3) is 0 Å². The number of nitrogens with zero attached hydrogens (tertiary/aromatic N) is 1. The highest BCUT2D eigenvalue weighted by atomic mass is 35.5. The van der Waals surface area contributed by atoms with Crippen molar-refractivity contribution in [3.8, 4) is 0 Å². The van der Waals surface area contributed by atoms with E-state index < -0.39 is 5.97 Å². The van der Waals surface area contributed by atoms with Crippen LogP contribution in [0, 0.1) is 0 Å². The summed E-state index contributed by atoms with van der Waals surface area (Å²) in [7, 11) is 1.80. The van der Waals surface area contributed by atoms with Crippen LogP contribution in [0.25, 0.3) is 0 Å². The number of rotatable bonds is 2. The third-order valence-corrected chi connectivity index (χ3v) is 1.52. The number of carbonyl (C=O) groups is 1. The molecule has 0 aliphatic carbocycles. The van der Waals surface area contributed by atoms with Crippen LogP contribution in [0.4, 0.5) is 0 Å². The molecule has 0 aromatic heterocycles. The summed E-state index contributed by atoms with van der Waals surface area (Å²) in [6.45, 7) is 6.05. The molecule has 0 rings (SSSR count). The summed E-state index contributed by atoms with van der Waals surface area (Å²) < 4.78 is 0. The van der Waals surface area contributed by atoms with E-state index in [0.29, 0.717) is 0 Å². The Labute approximate surface area is 73.8 Å². The van der Waals surface area contributed by atoms with Crippen molar-refractivity contribution in [2.75, 3.05) is 13.6 Å². The lowest BCUT2D eigenvalue weighted by Crippen LogP contribution is -2.41. The minimum absolute atomic E-state index is 0. The molecule has 4 heteroatoms. The van der Waals surface area contributed by atoms with Crippen molar-refractivity contribution in [3.63, 3.8) is 0 Å². The number of hydrogen-bond donors (Lipinski definition) is 1. The summed E-state index contributed by atoms with van der Waals surface area (Å²) >= 11 is 0. The van der Waals surface area contributed by atoms with Crippen LogP contribution in [-0.2, 0) is 4.79 Å². The highest BCUT2D eigenvalue weighted by Crippen LogP contribution is 2.08. The van der Waals surface area contributed by atoms with Gasteiger partial charge in [0.1, 0.15) is 0 Å². The normalized spacial score (nSPS) is 11.0. The summed E-state index contributed by atoms with van der Waals surface area (Å²) in [5.41, 5.74) is -0.0572. The van der Waals surface area contributed by atoms with Gasteiger partial charge >= 0.3 is 5.97 Å². The molecule has 0 heterocycles. The Kier molecular flexibility index (Phi) is 5.53. The lowest BCUT2D eigenvalue weighted by Gasteiger charge is -2.30. The van der Waals surface area contributed by atoms with Crippen LogP contribution < -0.4 is 0 Å². The topological polar surface area (TPSA) is 40.5 Å². The minimum atomic E-state index is -0.780. The van der Waals surface area contributed by atoms with Crippen LogP contribution in [-0.4, -0.2) is 35.1 Å². The molecule has 3 nitrogen and oxygen atoms in total. The number of carboxylic acid groups (broad SMARTS) is 1. The Hall–Kier alpha value is -0.280. The molecule has 68 valence electrons. The summed E-state index contributed by atoms with van der Waals surface area (Å²) in [5, 5.41) is 8.41. The third kappa shape index (κ3) is 6.13. The molecule has 0 fully saturated rings. The van der Waals surface area contributed by atoms with Crippen molar-refractivity contribution >= 4 is 18.4 Å². The van der Waals surface area contributed by atoms with E-state index >= 15 is 0 Å². The lowest BCUT2D eigenvalue weighted by atomic mass is 10.1. The molecule has 0 radical (unpaired) electrons. The second-order valence-electron chi connectivity index (χ2n) is 3.42. The number of likely N-dealkylation sites (N-methyl/N-ethyl adjacent to an activating group) is 1. The zero-order valence-electron chi connectivity index (χ0n) is 7.42. The number of hydrogen-bond acceptors (Lipinski definition) is 2. The molecule has 0 spiro atoms. The molecule has 1 N–H and O–H groups in total. The highest BCUT2D eigenvalue weighted by molar-refractivity contribution is 5.85. The fraction of sp³-hybridized carbons (Fsp3) is 0.857. The van der Waals surface area contributed by atoms with Crippen molar-refractivity contribution in [2.45, 2.75) is 26.3 Å². The Morgan fingerprint density at radius 3 is 1.91 bits per heavy atom. The van der Waals surface area contributed by atoms with E-state index in [1.54, 1.807) is 11.9 Å². The van der Waals surface area contributed by atoms with E-state index in [9.17, 15) is 4.79 Å². The van der Waals surface area contributed by atoms with Crippen LogP contribution in [0.3, 0.4) is 0 Å². The van der Waals surface area contributed by atoms with Gasteiger partial charge in [-0.1, -0.05) is 0 Å². The molecule has 11 heavy (non-hydrogen) atoms. The van der Waals surface area contributed by atoms with Gasteiger partial charge in [0.2, 0.25) is 0 Å². The van der Waals surface area contributed by atoms with Crippen molar-refractivity contribution in [2.24, 2.45) is 0 Å². The van der Waals surface area contributed by atoms with E-state index in [4.69, 9.17) is 5.11 Å². The SMILES string of the molecule is CN(CC(=O)O)C(C)(C)C.Cl. The molecule has 0 aromatic carbocycles. The molecule has 0 saturated heterocycles. The van der Waals surface area contributed by atoms with Gasteiger partial charge in [-0.05, 0) is 27.8 Å². The largest absolute Gasteiger partial charge is 0.480 e. The molecule has 0 atom stereocenters. The zero-order valence-corrected chi connectivity index (χ0v) is 8.23. The standard InChI is InChI=1S/C7H15NO2.ClH/c1-7(2,3)8(4)5-6(9)10;/h5H2,1-4H3,(H,9,10);1H. The van der Waals surface area contributed by atoms with Crippen LogP contribution in [0.2, 0.25) is 0 Å². The van der Waals surface area contributed by atoms with E-state index in [1.807, 2.05) is 20.8 Å². The van der Waals surface area contributed by atoms with Crippen LogP contribution in [0.15, 0.2) is 0 Å². The molecule has 0 aliphatic rings. The molecule has 0 saturated carbocycles. The first-order valence-electron chi connectivity index (χ1n) is 3.27. The summed E-state index contributed by atoms with van der Waals surface area (Å²) in [6, 6.07) is 0. The molecule has 0 bridgehead atoms. The van der Waals surface area contributed by atoms with Crippen LogP contribution in [0.5, 0.6) is 0 Å². The highest BCUT2D eigenvalue weighted by Gasteiger charge is 2.18. The summed E-state index contributed by atoms with van der Waals surface area (Å²) in [6.07, 6.45) is 0.